The first-order valence-corrected chi connectivity index (χ1v) is 12.6. The SMILES string of the molecule is NC(=O)C1CCC(n2c(Nc3c(F)ccc(Cl)c3F)nc3cnc(N[C@H]4CCC[C@@H](O)C4)nc32)CC1. The first-order valence-electron chi connectivity index (χ1n) is 12.2. The van der Waals surface area contributed by atoms with E-state index in [0.29, 0.717) is 49.2 Å². The summed E-state index contributed by atoms with van der Waals surface area (Å²) < 4.78 is 31.0. The van der Waals surface area contributed by atoms with Crippen LogP contribution in [0.15, 0.2) is 18.3 Å². The number of rotatable bonds is 6. The number of hydrogen-bond donors (Lipinski definition) is 4. The summed E-state index contributed by atoms with van der Waals surface area (Å²) in [6.45, 7) is 0. The van der Waals surface area contributed by atoms with Gasteiger partial charge < -0.3 is 21.5 Å². The molecule has 0 bridgehead atoms. The highest BCUT2D eigenvalue weighted by Crippen LogP contribution is 2.38. The van der Waals surface area contributed by atoms with E-state index in [4.69, 9.17) is 22.3 Å². The molecule has 192 valence electrons. The fraction of sp³-hybridized carbons (Fsp3) is 0.500. The maximum atomic E-state index is 14.7. The Bertz CT molecular complexity index is 1280. The van der Waals surface area contributed by atoms with Gasteiger partial charge in [0.1, 0.15) is 17.0 Å². The summed E-state index contributed by atoms with van der Waals surface area (Å²) in [5.74, 6) is -1.67. The number of imidazole rings is 1. The van der Waals surface area contributed by atoms with Gasteiger partial charge in [-0.2, -0.15) is 4.98 Å². The zero-order valence-corrected chi connectivity index (χ0v) is 20.3. The summed E-state index contributed by atoms with van der Waals surface area (Å²) >= 11 is 5.89. The molecule has 2 fully saturated rings. The maximum Gasteiger partial charge on any atom is 0.224 e. The Labute approximate surface area is 211 Å². The topological polar surface area (TPSA) is 131 Å². The quantitative estimate of drug-likeness (QED) is 0.354. The van der Waals surface area contributed by atoms with E-state index in [1.807, 2.05) is 4.57 Å². The van der Waals surface area contributed by atoms with E-state index in [9.17, 15) is 18.7 Å². The Morgan fingerprint density at radius 2 is 1.92 bits per heavy atom. The number of aliphatic hydroxyl groups is 1. The summed E-state index contributed by atoms with van der Waals surface area (Å²) in [4.78, 5) is 25.3. The number of fused-ring (bicyclic) bond motifs is 1. The Morgan fingerprint density at radius 1 is 1.14 bits per heavy atom. The predicted octanol–water partition coefficient (Wildman–Crippen LogP) is 4.43. The normalized spacial score (nSPS) is 24.6. The molecule has 0 spiro atoms. The molecule has 2 heterocycles. The van der Waals surface area contributed by atoms with Crippen LogP contribution in [-0.2, 0) is 4.79 Å². The second-order valence-electron chi connectivity index (χ2n) is 9.62. The average Bonchev–Trinajstić information content (AvgIpc) is 3.21. The Kier molecular flexibility index (Phi) is 6.94. The Morgan fingerprint density at radius 3 is 2.64 bits per heavy atom. The van der Waals surface area contributed by atoms with Gasteiger partial charge in [0.05, 0.1) is 17.3 Å². The Hall–Kier alpha value is -3.05. The van der Waals surface area contributed by atoms with Crippen molar-refractivity contribution in [3.8, 4) is 0 Å². The molecular weight excluding hydrogens is 492 g/mol. The Balaban J connectivity index is 1.52. The molecule has 36 heavy (non-hydrogen) atoms. The molecule has 0 unspecified atom stereocenters. The van der Waals surface area contributed by atoms with Crippen molar-refractivity contribution in [3.05, 3.63) is 35.0 Å². The lowest BCUT2D eigenvalue weighted by atomic mass is 9.85. The number of halogens is 3. The number of benzene rings is 1. The van der Waals surface area contributed by atoms with Crippen LogP contribution in [0.3, 0.4) is 0 Å². The van der Waals surface area contributed by atoms with Crippen molar-refractivity contribution < 1.29 is 18.7 Å². The average molecular weight is 520 g/mol. The molecule has 5 N–H and O–H groups in total. The van der Waals surface area contributed by atoms with Crippen LogP contribution in [0, 0.1) is 17.6 Å². The number of hydrogen-bond acceptors (Lipinski definition) is 7. The molecular formula is C24H28ClF2N7O2. The third-order valence-corrected chi connectivity index (χ3v) is 7.45. The number of carbonyl (C=O) groups excluding carboxylic acids is 1. The van der Waals surface area contributed by atoms with Gasteiger partial charge in [-0.15, -0.1) is 0 Å². The van der Waals surface area contributed by atoms with Gasteiger partial charge in [0.25, 0.3) is 0 Å². The fourth-order valence-electron chi connectivity index (χ4n) is 5.24. The van der Waals surface area contributed by atoms with Crippen molar-refractivity contribution >= 4 is 46.3 Å². The van der Waals surface area contributed by atoms with Crippen LogP contribution in [0.2, 0.25) is 5.02 Å². The van der Waals surface area contributed by atoms with Gasteiger partial charge in [-0.05, 0) is 63.5 Å². The van der Waals surface area contributed by atoms with Crippen LogP contribution in [0.5, 0.6) is 0 Å². The predicted molar refractivity (Wildman–Crippen MR) is 132 cm³/mol. The van der Waals surface area contributed by atoms with Crippen molar-refractivity contribution in [2.24, 2.45) is 11.7 Å². The number of nitrogens with one attached hydrogen (secondary N) is 2. The van der Waals surface area contributed by atoms with E-state index < -0.39 is 17.3 Å². The number of anilines is 3. The minimum Gasteiger partial charge on any atom is -0.393 e. The van der Waals surface area contributed by atoms with Gasteiger partial charge >= 0.3 is 0 Å². The van der Waals surface area contributed by atoms with Crippen LogP contribution in [0.25, 0.3) is 11.2 Å². The van der Waals surface area contributed by atoms with Gasteiger partial charge in [-0.1, -0.05) is 11.6 Å². The first-order chi connectivity index (χ1) is 17.3. The lowest BCUT2D eigenvalue weighted by Crippen LogP contribution is -2.30. The third-order valence-electron chi connectivity index (χ3n) is 7.16. The van der Waals surface area contributed by atoms with E-state index in [1.165, 1.54) is 0 Å². The number of primary amides is 1. The molecule has 0 aliphatic heterocycles. The minimum atomic E-state index is -0.919. The zero-order chi connectivity index (χ0) is 25.4. The van der Waals surface area contributed by atoms with Crippen LogP contribution < -0.4 is 16.4 Å². The van der Waals surface area contributed by atoms with E-state index in [1.54, 1.807) is 6.20 Å². The smallest absolute Gasteiger partial charge is 0.224 e. The molecule has 1 aromatic carbocycles. The lowest BCUT2D eigenvalue weighted by molar-refractivity contribution is -0.122. The molecule has 2 aromatic heterocycles. The van der Waals surface area contributed by atoms with E-state index in [-0.39, 0.29) is 41.0 Å². The van der Waals surface area contributed by atoms with Gasteiger partial charge in [0, 0.05) is 18.0 Å². The van der Waals surface area contributed by atoms with Crippen LogP contribution in [0.1, 0.15) is 57.4 Å². The molecule has 0 radical (unpaired) electrons. The number of nitrogens with two attached hydrogens (primary N) is 1. The van der Waals surface area contributed by atoms with E-state index in [2.05, 4.69) is 20.6 Å². The summed E-state index contributed by atoms with van der Waals surface area (Å²) in [7, 11) is 0. The van der Waals surface area contributed by atoms with E-state index >= 15 is 0 Å². The molecule has 12 heteroatoms. The summed E-state index contributed by atoms with van der Waals surface area (Å²) in [5.41, 5.74) is 6.04. The fourth-order valence-corrected chi connectivity index (χ4v) is 5.40. The lowest BCUT2D eigenvalue weighted by Gasteiger charge is -2.29. The summed E-state index contributed by atoms with van der Waals surface area (Å²) in [6.07, 6.45) is 6.83. The highest BCUT2D eigenvalue weighted by molar-refractivity contribution is 6.31. The van der Waals surface area contributed by atoms with Gasteiger partial charge in [0.2, 0.25) is 17.8 Å². The second kappa shape index (κ2) is 10.1. The highest BCUT2D eigenvalue weighted by Gasteiger charge is 2.30. The van der Waals surface area contributed by atoms with Crippen molar-refractivity contribution in [3.63, 3.8) is 0 Å². The molecule has 5 rings (SSSR count). The van der Waals surface area contributed by atoms with Crippen LogP contribution >= 0.6 is 11.6 Å². The molecule has 2 saturated carbocycles. The largest absolute Gasteiger partial charge is 0.393 e. The van der Waals surface area contributed by atoms with Crippen molar-refractivity contribution in [2.75, 3.05) is 10.6 Å². The number of carbonyl (C=O) groups is 1. The molecule has 2 atom stereocenters. The molecule has 0 saturated heterocycles. The van der Waals surface area contributed by atoms with Crippen LogP contribution in [0.4, 0.5) is 26.4 Å². The first kappa shape index (κ1) is 24.6. The zero-order valence-electron chi connectivity index (χ0n) is 19.6. The van der Waals surface area contributed by atoms with Crippen molar-refractivity contribution in [2.45, 2.75) is 69.6 Å². The van der Waals surface area contributed by atoms with Gasteiger partial charge in [-0.3, -0.25) is 9.36 Å². The van der Waals surface area contributed by atoms with Crippen LogP contribution in [-0.4, -0.2) is 42.7 Å². The van der Waals surface area contributed by atoms with Gasteiger partial charge in [0.15, 0.2) is 11.5 Å². The van der Waals surface area contributed by atoms with E-state index in [0.717, 1.165) is 31.4 Å². The summed E-state index contributed by atoms with van der Waals surface area (Å²) in [6, 6.07) is 2.15. The highest BCUT2D eigenvalue weighted by atomic mass is 35.5. The second-order valence-corrected chi connectivity index (χ2v) is 10.0. The molecule has 2 aliphatic rings. The van der Waals surface area contributed by atoms with Crippen molar-refractivity contribution in [1.29, 1.82) is 0 Å². The molecule has 9 nitrogen and oxygen atoms in total. The standard InChI is InChI=1S/C24H28ClF2N7O2/c25-16-8-9-17(26)20(19(16)27)32-24-31-18-11-29-23(30-13-2-1-3-15(35)10-13)33-22(18)34(24)14-6-4-12(5-7-14)21(28)36/h8-9,11-15,35H,1-7,10H2,(H2,28,36)(H,31,32)(H,29,30,33)/t12?,13-,14?,15+/m0/s1. The monoisotopic (exact) mass is 519 g/mol. The summed E-state index contributed by atoms with van der Waals surface area (Å²) in [5, 5.41) is 15.9. The van der Waals surface area contributed by atoms with Crippen molar-refractivity contribution in [1.82, 2.24) is 19.5 Å². The number of aliphatic hydroxyl groups excluding tert-OH is 1. The maximum absolute atomic E-state index is 14.7. The minimum absolute atomic E-state index is 0.0424. The molecule has 1 amide bonds. The number of amides is 1. The molecule has 2 aliphatic carbocycles. The number of nitrogens with zero attached hydrogens (tertiary/aromatic N) is 4. The number of aromatic nitrogens is 4. The van der Waals surface area contributed by atoms with Gasteiger partial charge in [-0.25, -0.2) is 18.7 Å². The molecule has 3 aromatic rings. The third kappa shape index (κ3) is 4.94.